The van der Waals surface area contributed by atoms with Gasteiger partial charge in [0.2, 0.25) is 0 Å². The van der Waals surface area contributed by atoms with E-state index in [2.05, 4.69) is 58.2 Å². The minimum atomic E-state index is 0.528. The minimum Gasteiger partial charge on any atom is -0.238 e. The highest BCUT2D eigenvalue weighted by Crippen LogP contribution is 2.41. The lowest BCUT2D eigenvalue weighted by atomic mass is 9.95. The van der Waals surface area contributed by atoms with E-state index in [1.165, 1.54) is 0 Å². The average molecular weight is 1280 g/mol. The van der Waals surface area contributed by atoms with Gasteiger partial charge in [-0.25, -0.2) is 49.6 Å². The second kappa shape index (κ2) is 27.8. The molecule has 100 heavy (non-hydrogen) atoms. The molecule has 0 saturated carbocycles. The Hall–Kier alpha value is -14.6. The number of nitrogens with zero attached hydrogens (tertiary/aromatic N) is 12. The van der Waals surface area contributed by atoms with Gasteiger partial charge >= 0.3 is 0 Å². The quantitative estimate of drug-likeness (QED) is 0.108. The summed E-state index contributed by atoms with van der Waals surface area (Å²) in [5, 5.41) is 23.4. The van der Waals surface area contributed by atoms with Crippen LogP contribution in [-0.2, 0) is 0 Å². The van der Waals surface area contributed by atoms with Crippen molar-refractivity contribution in [1.29, 1.82) is 10.5 Å². The maximum absolute atomic E-state index is 9.93. The molecule has 0 aliphatic heterocycles. The van der Waals surface area contributed by atoms with Gasteiger partial charge in [-0.1, -0.05) is 267 Å². The monoisotopic (exact) mass is 1280 g/mol. The molecule has 0 radical (unpaired) electrons. The molecule has 0 aliphatic rings. The molecule has 0 spiro atoms. The van der Waals surface area contributed by atoms with Crippen molar-refractivity contribution in [3.8, 4) is 148 Å². The molecule has 16 aromatic rings. The van der Waals surface area contributed by atoms with Gasteiger partial charge in [0.1, 0.15) is 0 Å². The fourth-order valence-corrected chi connectivity index (χ4v) is 12.4. The molecule has 16 rings (SSSR count). The average Bonchev–Trinajstić information content (AvgIpc) is 0.776. The van der Waals surface area contributed by atoms with Crippen molar-refractivity contribution in [3.05, 3.63) is 349 Å². The van der Waals surface area contributed by atoms with Crippen molar-refractivity contribution < 1.29 is 0 Å². The SMILES string of the molecule is [C-]#[N+]c1cccc(-c2nc(-c3ccccc3)cc(-c3cccc4c(-c5cc(-c6ccccc6)nc(-c6cccc(C#N)c6)n5)cccc34)n2)c1.[C-]#[N+]c1ccccc1-c1cc(-c2ccccc2)nc(-c2cccc3c(-c4nc(-c5ccccc5)cc(-c5ccccc5C#N)n4)cccc23)n1. The Bertz CT molecular complexity index is 5610. The van der Waals surface area contributed by atoms with Crippen LogP contribution in [-0.4, -0.2) is 39.9 Å². The fourth-order valence-electron chi connectivity index (χ4n) is 12.4. The summed E-state index contributed by atoms with van der Waals surface area (Å²) in [7, 11) is 0. The van der Waals surface area contributed by atoms with Crippen LogP contribution in [0.25, 0.3) is 167 Å². The Balaban J connectivity index is 0.000000162. The van der Waals surface area contributed by atoms with Gasteiger partial charge in [-0.3, -0.25) is 0 Å². The number of fused-ring (bicyclic) bond motifs is 2. The summed E-state index contributed by atoms with van der Waals surface area (Å²) in [6.07, 6.45) is 0. The molecule has 0 fully saturated rings. The van der Waals surface area contributed by atoms with Gasteiger partial charge in [0.15, 0.2) is 34.7 Å². The second-order valence-corrected chi connectivity index (χ2v) is 23.4. The number of rotatable bonds is 12. The molecule has 0 amide bonds. The molecule has 4 heterocycles. The smallest absolute Gasteiger partial charge is 0.196 e. The van der Waals surface area contributed by atoms with Gasteiger partial charge < -0.3 is 0 Å². The number of nitriles is 2. The highest BCUT2D eigenvalue weighted by atomic mass is 14.9. The zero-order valence-electron chi connectivity index (χ0n) is 53.4. The van der Waals surface area contributed by atoms with Gasteiger partial charge in [0.05, 0.1) is 82.0 Å². The standard InChI is InChI=1S/2C44H26N6/c1-46-34-19-9-18-33(25-34)44-48-40(31-15-6-3-7-16-31)27-42(50-44)38-23-11-20-35-36(38)21-10-22-37(35)41-26-39(30-13-4-2-5-14-30)47-43(49-41)32-17-8-12-29(24-32)28-45;1-46-38-25-11-10-20-37(38)42-27-40(30-16-6-3-7-17-30)48-44(50-42)36-24-13-21-33-34(36)22-12-23-35(33)43-47-39(29-14-4-2-5-15-29)26-41(49-43)32-19-9-8-18-31(32)28-45/h2*2-27H. The van der Waals surface area contributed by atoms with E-state index in [0.717, 1.165) is 122 Å². The van der Waals surface area contributed by atoms with Crippen LogP contribution >= 0.6 is 0 Å². The summed E-state index contributed by atoms with van der Waals surface area (Å²) in [5.74, 6) is 2.18. The Labute approximate surface area is 577 Å². The maximum Gasteiger partial charge on any atom is 0.196 e. The van der Waals surface area contributed by atoms with Gasteiger partial charge in [0, 0.05) is 66.8 Å². The zero-order chi connectivity index (χ0) is 67.7. The van der Waals surface area contributed by atoms with E-state index in [-0.39, 0.29) is 0 Å². The Morgan fingerprint density at radius 1 is 0.240 bits per heavy atom. The molecule has 12 heteroatoms. The number of aromatic nitrogens is 8. The van der Waals surface area contributed by atoms with Crippen LogP contribution in [0.2, 0.25) is 0 Å². The predicted octanol–water partition coefficient (Wildman–Crippen LogP) is 21.7. The van der Waals surface area contributed by atoms with Crippen LogP contribution in [0.5, 0.6) is 0 Å². The van der Waals surface area contributed by atoms with Crippen molar-refractivity contribution in [2.24, 2.45) is 0 Å². The first-order valence-corrected chi connectivity index (χ1v) is 32.1. The zero-order valence-corrected chi connectivity index (χ0v) is 53.4. The number of benzene rings is 12. The lowest BCUT2D eigenvalue weighted by molar-refractivity contribution is 1.18. The molecule has 12 aromatic carbocycles. The molecule has 0 bridgehead atoms. The number of hydrogen-bond acceptors (Lipinski definition) is 10. The third kappa shape index (κ3) is 12.7. The number of para-hydroxylation sites is 1. The van der Waals surface area contributed by atoms with Crippen LogP contribution in [0, 0.1) is 35.8 Å². The van der Waals surface area contributed by atoms with Gasteiger partial charge in [-0.15, -0.1) is 0 Å². The van der Waals surface area contributed by atoms with Crippen LogP contribution in [0.4, 0.5) is 11.4 Å². The van der Waals surface area contributed by atoms with Crippen LogP contribution in [0.15, 0.2) is 315 Å². The fraction of sp³-hybridized carbons (Fsp3) is 0. The Kier molecular flexibility index (Phi) is 17.1. The first-order chi connectivity index (χ1) is 49.4. The molecule has 0 saturated heterocycles. The maximum atomic E-state index is 9.93. The van der Waals surface area contributed by atoms with E-state index < -0.39 is 0 Å². The highest BCUT2D eigenvalue weighted by molar-refractivity contribution is 6.05. The van der Waals surface area contributed by atoms with E-state index in [9.17, 15) is 10.5 Å². The van der Waals surface area contributed by atoms with Crippen molar-refractivity contribution in [3.63, 3.8) is 0 Å². The minimum absolute atomic E-state index is 0.528. The topological polar surface area (TPSA) is 159 Å². The van der Waals surface area contributed by atoms with Crippen LogP contribution in [0.1, 0.15) is 11.1 Å². The molecule has 0 aliphatic carbocycles. The van der Waals surface area contributed by atoms with Crippen LogP contribution in [0.3, 0.4) is 0 Å². The van der Waals surface area contributed by atoms with Crippen LogP contribution < -0.4 is 0 Å². The molecule has 464 valence electrons. The van der Waals surface area contributed by atoms with Gasteiger partial charge in [0.25, 0.3) is 0 Å². The normalized spacial score (nSPS) is 10.8. The lowest BCUT2D eigenvalue weighted by Gasteiger charge is -2.14. The molecule has 0 atom stereocenters. The summed E-state index contributed by atoms with van der Waals surface area (Å²) in [6, 6.07) is 107. The Morgan fingerprint density at radius 2 is 0.570 bits per heavy atom. The number of hydrogen-bond donors (Lipinski definition) is 0. The molecule has 12 nitrogen and oxygen atoms in total. The van der Waals surface area contributed by atoms with E-state index in [4.69, 9.17) is 53.0 Å². The summed E-state index contributed by atoms with van der Waals surface area (Å²) in [5.41, 5.74) is 18.6. The van der Waals surface area contributed by atoms with E-state index in [1.807, 2.05) is 261 Å². The first-order valence-electron chi connectivity index (χ1n) is 32.1. The third-order valence-electron chi connectivity index (χ3n) is 17.2. The van der Waals surface area contributed by atoms with Gasteiger partial charge in [-0.2, -0.15) is 10.5 Å². The van der Waals surface area contributed by atoms with Crippen molar-refractivity contribution >= 4 is 32.9 Å². The lowest BCUT2D eigenvalue weighted by Crippen LogP contribution is -1.99. The third-order valence-corrected chi connectivity index (χ3v) is 17.2. The van der Waals surface area contributed by atoms with Crippen molar-refractivity contribution in [2.45, 2.75) is 0 Å². The highest BCUT2D eigenvalue weighted by Gasteiger charge is 2.21. The van der Waals surface area contributed by atoms with Crippen molar-refractivity contribution in [1.82, 2.24) is 39.9 Å². The summed E-state index contributed by atoms with van der Waals surface area (Å²) >= 11 is 0. The molecular formula is C88H52N12. The molecule has 0 unspecified atom stereocenters. The summed E-state index contributed by atoms with van der Waals surface area (Å²) < 4.78 is 0. The largest absolute Gasteiger partial charge is 0.238 e. The second-order valence-electron chi connectivity index (χ2n) is 23.4. The van der Waals surface area contributed by atoms with Crippen molar-refractivity contribution in [2.75, 3.05) is 0 Å². The summed E-state index contributed by atoms with van der Waals surface area (Å²) in [6.45, 7) is 15.3. The van der Waals surface area contributed by atoms with E-state index >= 15 is 0 Å². The first kappa shape index (κ1) is 61.6. The van der Waals surface area contributed by atoms with E-state index in [1.54, 1.807) is 18.2 Å². The molecule has 4 aromatic heterocycles. The Morgan fingerprint density at radius 3 is 1.02 bits per heavy atom. The molecule has 0 N–H and O–H groups in total. The van der Waals surface area contributed by atoms with E-state index in [0.29, 0.717) is 57.2 Å². The summed E-state index contributed by atoms with van der Waals surface area (Å²) in [4.78, 5) is 47.8. The molecular weight excluding hydrogens is 1230 g/mol. The predicted molar refractivity (Wildman–Crippen MR) is 397 cm³/mol. The van der Waals surface area contributed by atoms with Gasteiger partial charge in [-0.05, 0) is 70.1 Å².